The Bertz CT molecular complexity index is 1430. The minimum absolute atomic E-state index is 0.0549. The van der Waals surface area contributed by atoms with Crippen molar-refractivity contribution in [2.75, 3.05) is 32.2 Å². The number of hydrogen-bond acceptors (Lipinski definition) is 6. The number of methoxy groups -OCH3 is 1. The van der Waals surface area contributed by atoms with Crippen LogP contribution < -0.4 is 14.4 Å². The Morgan fingerprint density at radius 1 is 1.03 bits per heavy atom. The van der Waals surface area contributed by atoms with E-state index in [0.29, 0.717) is 24.5 Å². The average Bonchev–Trinajstić information content (AvgIpc) is 3.17. The van der Waals surface area contributed by atoms with Crippen LogP contribution in [0.25, 0.3) is 5.76 Å². The van der Waals surface area contributed by atoms with Gasteiger partial charge in [-0.2, -0.15) is 0 Å². The first kappa shape index (κ1) is 26.4. The van der Waals surface area contributed by atoms with E-state index >= 15 is 0 Å². The lowest BCUT2D eigenvalue weighted by molar-refractivity contribution is -0.140. The maximum atomic E-state index is 13.5. The maximum absolute atomic E-state index is 13.5. The minimum atomic E-state index is -0.744. The van der Waals surface area contributed by atoms with Gasteiger partial charge in [-0.3, -0.25) is 9.59 Å². The number of likely N-dealkylation sites (tertiary alicyclic amines) is 1. The van der Waals surface area contributed by atoms with Crippen LogP contribution in [0.4, 0.5) is 5.69 Å². The third-order valence-electron chi connectivity index (χ3n) is 7.47. The molecule has 1 amide bonds. The SMILES string of the molecule is COc1ccc(CN2C(=O)C(=O)/C(=C(\O)c3ccc4c(c3)N(C)CCO4)C2c2ccc(C(C)(C)C)cc2)cc1. The highest BCUT2D eigenvalue weighted by atomic mass is 16.5. The number of benzene rings is 3. The number of Topliss-reactive ketones (excluding diaryl/α,β-unsaturated/α-hetero) is 1. The highest BCUT2D eigenvalue weighted by molar-refractivity contribution is 6.46. The Balaban J connectivity index is 1.62. The summed E-state index contributed by atoms with van der Waals surface area (Å²) in [5, 5.41) is 11.6. The molecule has 1 N–H and O–H groups in total. The molecule has 2 aliphatic heterocycles. The van der Waals surface area contributed by atoms with Crippen LogP contribution in [0, 0.1) is 0 Å². The second kappa shape index (κ2) is 10.1. The van der Waals surface area contributed by atoms with E-state index in [9.17, 15) is 14.7 Å². The van der Waals surface area contributed by atoms with Crippen molar-refractivity contribution in [3.63, 3.8) is 0 Å². The van der Waals surface area contributed by atoms with Gasteiger partial charge in [-0.05, 0) is 52.4 Å². The topological polar surface area (TPSA) is 79.3 Å². The number of carbonyl (C=O) groups is 2. The third-order valence-corrected chi connectivity index (χ3v) is 7.47. The van der Waals surface area contributed by atoms with Crippen molar-refractivity contribution in [1.82, 2.24) is 4.90 Å². The van der Waals surface area contributed by atoms with Gasteiger partial charge in [0, 0.05) is 19.2 Å². The van der Waals surface area contributed by atoms with E-state index in [4.69, 9.17) is 9.47 Å². The molecule has 3 aromatic carbocycles. The lowest BCUT2D eigenvalue weighted by Gasteiger charge is -2.28. The van der Waals surface area contributed by atoms with Crippen LogP contribution in [0.1, 0.15) is 49.1 Å². The number of amides is 1. The van der Waals surface area contributed by atoms with Gasteiger partial charge in [0.15, 0.2) is 0 Å². The Labute approximate surface area is 229 Å². The molecular weight excluding hydrogens is 492 g/mol. The number of nitrogens with zero attached hydrogens (tertiary/aromatic N) is 2. The summed E-state index contributed by atoms with van der Waals surface area (Å²) in [4.78, 5) is 30.6. The lowest BCUT2D eigenvalue weighted by atomic mass is 9.85. The number of ether oxygens (including phenoxy) is 2. The molecule has 202 valence electrons. The molecular formula is C32H34N2O5. The summed E-state index contributed by atoms with van der Waals surface area (Å²) >= 11 is 0. The van der Waals surface area contributed by atoms with Gasteiger partial charge in [-0.15, -0.1) is 0 Å². The first-order valence-corrected chi connectivity index (χ1v) is 13.1. The summed E-state index contributed by atoms with van der Waals surface area (Å²) < 4.78 is 11.0. The number of hydrogen-bond donors (Lipinski definition) is 1. The molecule has 1 saturated heterocycles. The monoisotopic (exact) mass is 526 g/mol. The molecule has 0 spiro atoms. The van der Waals surface area contributed by atoms with Crippen molar-refractivity contribution in [2.45, 2.75) is 38.8 Å². The fourth-order valence-corrected chi connectivity index (χ4v) is 5.14. The average molecular weight is 527 g/mol. The highest BCUT2D eigenvalue weighted by Crippen LogP contribution is 2.42. The van der Waals surface area contributed by atoms with Crippen LogP contribution in [0.3, 0.4) is 0 Å². The molecule has 1 fully saturated rings. The molecule has 5 rings (SSSR count). The van der Waals surface area contributed by atoms with E-state index in [-0.39, 0.29) is 23.3 Å². The van der Waals surface area contributed by atoms with Crippen LogP contribution >= 0.6 is 0 Å². The minimum Gasteiger partial charge on any atom is -0.507 e. The van der Waals surface area contributed by atoms with Crippen molar-refractivity contribution in [1.29, 1.82) is 0 Å². The number of rotatable bonds is 5. The lowest BCUT2D eigenvalue weighted by Crippen LogP contribution is -2.29. The summed E-state index contributed by atoms with van der Waals surface area (Å²) in [7, 11) is 3.55. The Hall–Kier alpha value is -4.26. The summed E-state index contributed by atoms with van der Waals surface area (Å²) in [6.45, 7) is 7.90. The van der Waals surface area contributed by atoms with E-state index in [1.165, 1.54) is 4.90 Å². The molecule has 0 aromatic heterocycles. The standard InChI is InChI=1S/C32H34N2O5/c1-32(2,3)23-11-8-21(9-12-23)28-27(29(35)22-10-15-26-25(18-22)33(4)16-17-39-26)30(36)31(37)34(28)19-20-6-13-24(38-5)14-7-20/h6-15,18,28,35H,16-17,19H2,1-5H3/b29-27-. The molecule has 7 heteroatoms. The van der Waals surface area contributed by atoms with E-state index < -0.39 is 17.7 Å². The van der Waals surface area contributed by atoms with E-state index in [0.717, 1.165) is 28.1 Å². The predicted molar refractivity (Wildman–Crippen MR) is 151 cm³/mol. The molecule has 0 radical (unpaired) electrons. The number of aliphatic hydroxyl groups excluding tert-OH is 1. The van der Waals surface area contributed by atoms with Crippen molar-refractivity contribution in [2.24, 2.45) is 0 Å². The maximum Gasteiger partial charge on any atom is 0.295 e. The van der Waals surface area contributed by atoms with Crippen molar-refractivity contribution < 1.29 is 24.2 Å². The predicted octanol–water partition coefficient (Wildman–Crippen LogP) is 5.44. The smallest absolute Gasteiger partial charge is 0.295 e. The zero-order valence-electron chi connectivity index (χ0n) is 23.0. The summed E-state index contributed by atoms with van der Waals surface area (Å²) in [5.41, 5.74) is 4.05. The van der Waals surface area contributed by atoms with E-state index in [1.54, 1.807) is 25.3 Å². The number of aliphatic hydroxyl groups is 1. The van der Waals surface area contributed by atoms with Gasteiger partial charge in [-0.1, -0.05) is 57.2 Å². The fraction of sp³-hybridized carbons (Fsp3) is 0.312. The van der Waals surface area contributed by atoms with Crippen LogP contribution in [0.5, 0.6) is 11.5 Å². The van der Waals surface area contributed by atoms with Crippen molar-refractivity contribution >= 4 is 23.1 Å². The van der Waals surface area contributed by atoms with Gasteiger partial charge in [-0.25, -0.2) is 0 Å². The van der Waals surface area contributed by atoms with Crippen LogP contribution in [-0.2, 0) is 21.5 Å². The van der Waals surface area contributed by atoms with E-state index in [1.807, 2.05) is 60.5 Å². The molecule has 7 nitrogen and oxygen atoms in total. The Morgan fingerprint density at radius 2 is 1.72 bits per heavy atom. The van der Waals surface area contributed by atoms with Gasteiger partial charge in [0.2, 0.25) is 0 Å². The molecule has 0 saturated carbocycles. The Morgan fingerprint density at radius 3 is 2.36 bits per heavy atom. The van der Waals surface area contributed by atoms with Crippen LogP contribution in [-0.4, -0.2) is 49.0 Å². The fourth-order valence-electron chi connectivity index (χ4n) is 5.14. The van der Waals surface area contributed by atoms with Crippen LogP contribution in [0.15, 0.2) is 72.3 Å². The second-order valence-corrected chi connectivity index (χ2v) is 11.1. The third kappa shape index (κ3) is 4.97. The van der Waals surface area contributed by atoms with Crippen molar-refractivity contribution in [3.8, 4) is 11.5 Å². The number of anilines is 1. The number of ketones is 1. The van der Waals surface area contributed by atoms with Gasteiger partial charge >= 0.3 is 0 Å². The molecule has 1 atom stereocenters. The summed E-state index contributed by atoms with van der Waals surface area (Å²) in [6, 6.07) is 19.9. The Kier molecular flexibility index (Phi) is 6.85. The molecule has 1 unspecified atom stereocenters. The molecule has 0 aliphatic carbocycles. The number of fused-ring (bicyclic) bond motifs is 1. The highest BCUT2D eigenvalue weighted by Gasteiger charge is 2.46. The first-order chi connectivity index (χ1) is 18.6. The second-order valence-electron chi connectivity index (χ2n) is 11.1. The van der Waals surface area contributed by atoms with Gasteiger partial charge in [0.1, 0.15) is 23.9 Å². The first-order valence-electron chi connectivity index (χ1n) is 13.1. The van der Waals surface area contributed by atoms with Gasteiger partial charge in [0.25, 0.3) is 11.7 Å². The molecule has 2 heterocycles. The van der Waals surface area contributed by atoms with E-state index in [2.05, 4.69) is 20.8 Å². The number of likely N-dealkylation sites (N-methyl/N-ethyl adjacent to an activating group) is 1. The van der Waals surface area contributed by atoms with Crippen molar-refractivity contribution in [3.05, 3.63) is 94.6 Å². The molecule has 3 aromatic rings. The molecule has 39 heavy (non-hydrogen) atoms. The zero-order valence-corrected chi connectivity index (χ0v) is 23.0. The number of carbonyl (C=O) groups excluding carboxylic acids is 2. The summed E-state index contributed by atoms with van der Waals surface area (Å²) in [6.07, 6.45) is 0. The zero-order chi connectivity index (χ0) is 27.9. The molecule has 2 aliphatic rings. The largest absolute Gasteiger partial charge is 0.507 e. The van der Waals surface area contributed by atoms with Gasteiger partial charge in [0.05, 0.1) is 31.0 Å². The quantitative estimate of drug-likeness (QED) is 0.271. The van der Waals surface area contributed by atoms with Crippen LogP contribution in [0.2, 0.25) is 0 Å². The molecule has 0 bridgehead atoms. The normalized spacial score (nSPS) is 18.6. The van der Waals surface area contributed by atoms with Gasteiger partial charge < -0.3 is 24.4 Å². The summed E-state index contributed by atoms with van der Waals surface area (Å²) in [5.74, 6) is -0.118.